The van der Waals surface area contributed by atoms with E-state index in [0.717, 1.165) is 16.9 Å². The molecule has 2 amide bonds. The predicted octanol–water partition coefficient (Wildman–Crippen LogP) is 4.53. The molecule has 0 aliphatic rings. The van der Waals surface area contributed by atoms with E-state index in [4.69, 9.17) is 11.6 Å². The maximum Gasteiger partial charge on any atom is 0.242 e. The third-order valence-electron chi connectivity index (χ3n) is 4.55. The zero-order valence-corrected chi connectivity index (χ0v) is 17.7. The van der Waals surface area contributed by atoms with E-state index >= 15 is 0 Å². The summed E-state index contributed by atoms with van der Waals surface area (Å²) in [6, 6.07) is 13.9. The van der Waals surface area contributed by atoms with Crippen LogP contribution in [0.3, 0.4) is 0 Å². The van der Waals surface area contributed by atoms with Gasteiger partial charge < -0.3 is 9.80 Å². The number of amides is 2. The van der Waals surface area contributed by atoms with Crippen LogP contribution in [0.4, 0.5) is 0 Å². The standard InChI is InChI=1S/C21H27ClN2O2S/c1-4-16(2)24(21(26)17(3)22)15-20(25)23(14-19-11-8-12-27-19)13-18-9-6-5-7-10-18/h5-12,16-17H,4,13-15H2,1-3H3/t16-,17+/m1/s1. The van der Waals surface area contributed by atoms with Gasteiger partial charge in [0.25, 0.3) is 0 Å². The number of rotatable bonds is 9. The quantitative estimate of drug-likeness (QED) is 0.574. The average molecular weight is 407 g/mol. The summed E-state index contributed by atoms with van der Waals surface area (Å²) in [7, 11) is 0. The molecule has 6 heteroatoms. The summed E-state index contributed by atoms with van der Waals surface area (Å²) in [5, 5.41) is 1.36. The smallest absolute Gasteiger partial charge is 0.242 e. The van der Waals surface area contributed by atoms with Gasteiger partial charge in [-0.05, 0) is 37.3 Å². The maximum atomic E-state index is 13.1. The van der Waals surface area contributed by atoms with Crippen LogP contribution in [0.2, 0.25) is 0 Å². The van der Waals surface area contributed by atoms with E-state index in [2.05, 4.69) is 0 Å². The second kappa shape index (κ2) is 10.5. The van der Waals surface area contributed by atoms with Gasteiger partial charge in [-0.3, -0.25) is 9.59 Å². The Kier molecular flexibility index (Phi) is 8.32. The fourth-order valence-electron chi connectivity index (χ4n) is 2.77. The van der Waals surface area contributed by atoms with Crippen LogP contribution in [-0.4, -0.2) is 39.6 Å². The fourth-order valence-corrected chi connectivity index (χ4v) is 3.62. The Bertz CT molecular complexity index is 719. The molecule has 2 aromatic rings. The Morgan fingerprint density at radius 2 is 1.78 bits per heavy atom. The van der Waals surface area contributed by atoms with Crippen molar-refractivity contribution in [2.24, 2.45) is 0 Å². The van der Waals surface area contributed by atoms with Crippen molar-refractivity contribution < 1.29 is 9.59 Å². The van der Waals surface area contributed by atoms with Gasteiger partial charge in [0.2, 0.25) is 11.8 Å². The summed E-state index contributed by atoms with van der Waals surface area (Å²) < 4.78 is 0. The summed E-state index contributed by atoms with van der Waals surface area (Å²) in [5.74, 6) is -0.270. The van der Waals surface area contributed by atoms with E-state index in [1.807, 2.05) is 66.6 Å². The SMILES string of the molecule is CC[C@@H](C)N(CC(=O)N(Cc1ccccc1)Cc1cccs1)C(=O)[C@H](C)Cl. The van der Waals surface area contributed by atoms with Gasteiger partial charge in [0.15, 0.2) is 0 Å². The van der Waals surface area contributed by atoms with Gasteiger partial charge in [0, 0.05) is 17.5 Å². The first-order valence-corrected chi connectivity index (χ1v) is 10.5. The Hall–Kier alpha value is -1.85. The van der Waals surface area contributed by atoms with Crippen molar-refractivity contribution in [1.82, 2.24) is 9.80 Å². The summed E-state index contributed by atoms with van der Waals surface area (Å²) in [5.41, 5.74) is 1.06. The Morgan fingerprint density at radius 3 is 2.33 bits per heavy atom. The third-order valence-corrected chi connectivity index (χ3v) is 5.60. The van der Waals surface area contributed by atoms with Gasteiger partial charge in [-0.15, -0.1) is 22.9 Å². The van der Waals surface area contributed by atoms with Crippen LogP contribution in [0.1, 0.15) is 37.6 Å². The van der Waals surface area contributed by atoms with E-state index in [0.29, 0.717) is 13.1 Å². The summed E-state index contributed by atoms with van der Waals surface area (Å²) in [6.45, 7) is 6.69. The fraction of sp³-hybridized carbons (Fsp3) is 0.429. The Morgan fingerprint density at radius 1 is 1.07 bits per heavy atom. The summed E-state index contributed by atoms with van der Waals surface area (Å²) >= 11 is 7.64. The first kappa shape index (κ1) is 21.5. The topological polar surface area (TPSA) is 40.6 Å². The minimum absolute atomic E-state index is 0.0389. The van der Waals surface area contributed by atoms with E-state index in [9.17, 15) is 9.59 Å². The molecule has 0 bridgehead atoms. The lowest BCUT2D eigenvalue weighted by Gasteiger charge is -2.32. The maximum absolute atomic E-state index is 13.1. The third kappa shape index (κ3) is 6.36. The minimum Gasteiger partial charge on any atom is -0.332 e. The zero-order chi connectivity index (χ0) is 19.8. The zero-order valence-electron chi connectivity index (χ0n) is 16.1. The molecule has 1 aromatic carbocycles. The number of hydrogen-bond acceptors (Lipinski definition) is 3. The van der Waals surface area contributed by atoms with Crippen LogP contribution >= 0.6 is 22.9 Å². The van der Waals surface area contributed by atoms with Crippen LogP contribution in [0, 0.1) is 0 Å². The van der Waals surface area contributed by atoms with Crippen LogP contribution in [-0.2, 0) is 22.7 Å². The highest BCUT2D eigenvalue weighted by molar-refractivity contribution is 7.09. The lowest BCUT2D eigenvalue weighted by Crippen LogP contribution is -2.48. The highest BCUT2D eigenvalue weighted by atomic mass is 35.5. The van der Waals surface area contributed by atoms with Crippen LogP contribution in [0.5, 0.6) is 0 Å². The number of hydrogen-bond donors (Lipinski definition) is 0. The molecule has 1 heterocycles. The van der Waals surface area contributed by atoms with Gasteiger partial charge in [0.1, 0.15) is 11.9 Å². The molecule has 0 spiro atoms. The second-order valence-corrected chi connectivity index (χ2v) is 8.34. The van der Waals surface area contributed by atoms with E-state index in [1.165, 1.54) is 0 Å². The van der Waals surface area contributed by atoms with Gasteiger partial charge in [-0.1, -0.05) is 43.3 Å². The minimum atomic E-state index is -0.647. The number of halogens is 1. The largest absolute Gasteiger partial charge is 0.332 e. The van der Waals surface area contributed by atoms with Crippen LogP contribution in [0.25, 0.3) is 0 Å². The van der Waals surface area contributed by atoms with Crippen molar-refractivity contribution in [3.05, 3.63) is 58.3 Å². The molecule has 0 aliphatic carbocycles. The molecule has 0 saturated heterocycles. The van der Waals surface area contributed by atoms with Crippen molar-refractivity contribution in [1.29, 1.82) is 0 Å². The molecule has 2 atom stereocenters. The number of alkyl halides is 1. The number of carbonyl (C=O) groups is 2. The highest BCUT2D eigenvalue weighted by Gasteiger charge is 2.27. The van der Waals surface area contributed by atoms with E-state index < -0.39 is 5.38 Å². The summed E-state index contributed by atoms with van der Waals surface area (Å²) in [4.78, 5) is 30.2. The lowest BCUT2D eigenvalue weighted by atomic mass is 10.2. The number of benzene rings is 1. The number of thiophene rings is 1. The van der Waals surface area contributed by atoms with Gasteiger partial charge in [-0.2, -0.15) is 0 Å². The van der Waals surface area contributed by atoms with Crippen molar-refractivity contribution in [3.63, 3.8) is 0 Å². The van der Waals surface area contributed by atoms with Gasteiger partial charge >= 0.3 is 0 Å². The molecule has 4 nitrogen and oxygen atoms in total. The highest BCUT2D eigenvalue weighted by Crippen LogP contribution is 2.16. The molecular formula is C21H27ClN2O2S. The van der Waals surface area contributed by atoms with Crippen LogP contribution in [0.15, 0.2) is 47.8 Å². The van der Waals surface area contributed by atoms with Crippen molar-refractivity contribution in [2.45, 2.75) is 51.7 Å². The Balaban J connectivity index is 2.18. The van der Waals surface area contributed by atoms with Crippen molar-refractivity contribution >= 4 is 34.8 Å². The van der Waals surface area contributed by atoms with Crippen LogP contribution < -0.4 is 0 Å². The molecule has 27 heavy (non-hydrogen) atoms. The molecule has 1 aromatic heterocycles. The van der Waals surface area contributed by atoms with E-state index in [-0.39, 0.29) is 24.4 Å². The first-order valence-electron chi connectivity index (χ1n) is 9.21. The molecule has 0 saturated carbocycles. The first-order chi connectivity index (χ1) is 12.9. The molecule has 0 radical (unpaired) electrons. The van der Waals surface area contributed by atoms with Gasteiger partial charge in [-0.25, -0.2) is 0 Å². The summed E-state index contributed by atoms with van der Waals surface area (Å²) in [6.07, 6.45) is 0.770. The molecule has 0 aliphatic heterocycles. The molecule has 146 valence electrons. The molecule has 2 rings (SSSR count). The molecular weight excluding hydrogens is 380 g/mol. The second-order valence-electron chi connectivity index (χ2n) is 6.65. The van der Waals surface area contributed by atoms with Crippen molar-refractivity contribution in [3.8, 4) is 0 Å². The molecule has 0 fully saturated rings. The number of nitrogens with zero attached hydrogens (tertiary/aromatic N) is 2. The number of carbonyl (C=O) groups excluding carboxylic acids is 2. The average Bonchev–Trinajstić information content (AvgIpc) is 3.18. The van der Waals surface area contributed by atoms with E-state index in [1.54, 1.807) is 23.2 Å². The van der Waals surface area contributed by atoms with Crippen molar-refractivity contribution in [2.75, 3.05) is 6.54 Å². The Labute approximate surface area is 170 Å². The predicted molar refractivity (Wildman–Crippen MR) is 112 cm³/mol. The monoisotopic (exact) mass is 406 g/mol. The van der Waals surface area contributed by atoms with Gasteiger partial charge in [0.05, 0.1) is 6.54 Å². The molecule has 0 N–H and O–H groups in total. The molecule has 0 unspecified atom stereocenters. The normalized spacial score (nSPS) is 13.0. The lowest BCUT2D eigenvalue weighted by molar-refractivity contribution is -0.142.